The second-order valence-corrected chi connectivity index (χ2v) is 1.57. The van der Waals surface area contributed by atoms with E-state index in [2.05, 4.69) is 9.47 Å². The molecule has 0 aliphatic heterocycles. The summed E-state index contributed by atoms with van der Waals surface area (Å²) in [6, 6.07) is 0. The van der Waals surface area contributed by atoms with Crippen LogP contribution in [0.4, 0.5) is 0 Å². The summed E-state index contributed by atoms with van der Waals surface area (Å²) in [5.41, 5.74) is 4.70. The van der Waals surface area contributed by atoms with Crippen molar-refractivity contribution in [1.82, 2.24) is 0 Å². The number of esters is 1. The monoisotopic (exact) mass is 147 g/mol. The highest BCUT2D eigenvalue weighted by Gasteiger charge is 1.94. The molecule has 0 heterocycles. The number of carbonyl (C=O) groups is 2. The van der Waals surface area contributed by atoms with Crippen molar-refractivity contribution in [3.05, 3.63) is 0 Å². The lowest BCUT2D eigenvalue weighted by Gasteiger charge is -1.99. The number of primary amides is 1. The zero-order valence-electron chi connectivity index (χ0n) is 5.62. The van der Waals surface area contributed by atoms with Crippen LogP contribution < -0.4 is 5.73 Å². The molecule has 0 saturated heterocycles. The zero-order chi connectivity index (χ0) is 7.98. The van der Waals surface area contributed by atoms with Gasteiger partial charge in [-0.15, -0.1) is 0 Å². The molecule has 2 N–H and O–H groups in total. The maximum absolute atomic E-state index is 10.1. The van der Waals surface area contributed by atoms with Gasteiger partial charge in [-0.2, -0.15) is 0 Å². The third-order valence-corrected chi connectivity index (χ3v) is 0.590. The van der Waals surface area contributed by atoms with Crippen LogP contribution in [0.1, 0.15) is 6.92 Å². The molecule has 0 atom stereocenters. The summed E-state index contributed by atoms with van der Waals surface area (Å²) in [5, 5.41) is 0. The van der Waals surface area contributed by atoms with Gasteiger partial charge in [-0.05, 0) is 0 Å². The lowest BCUT2D eigenvalue weighted by Crippen LogP contribution is -2.19. The van der Waals surface area contributed by atoms with Crippen LogP contribution in [0.5, 0.6) is 0 Å². The summed E-state index contributed by atoms with van der Waals surface area (Å²) < 4.78 is 8.81. The van der Waals surface area contributed by atoms with Crippen LogP contribution in [0.25, 0.3) is 0 Å². The summed E-state index contributed by atoms with van der Waals surface area (Å²) >= 11 is 0. The quantitative estimate of drug-likeness (QED) is 0.314. The predicted molar refractivity (Wildman–Crippen MR) is 31.8 cm³/mol. The molecule has 1 amide bonds. The Kier molecular flexibility index (Phi) is 4.23. The van der Waals surface area contributed by atoms with Crippen molar-refractivity contribution in [2.75, 3.05) is 13.4 Å². The molecule has 0 aliphatic carbocycles. The molecule has 0 saturated carbocycles. The van der Waals surface area contributed by atoms with Crippen molar-refractivity contribution in [1.29, 1.82) is 0 Å². The predicted octanol–water partition coefficient (Wildman–Crippen LogP) is -0.991. The Morgan fingerprint density at radius 1 is 1.50 bits per heavy atom. The number of carbonyl (C=O) groups excluding carboxylic acids is 2. The zero-order valence-corrected chi connectivity index (χ0v) is 5.62. The van der Waals surface area contributed by atoms with E-state index < -0.39 is 11.9 Å². The smallest absolute Gasteiger partial charge is 0.304 e. The highest BCUT2D eigenvalue weighted by atomic mass is 16.7. The molecule has 58 valence electrons. The molecular formula is C5H9NO4. The van der Waals surface area contributed by atoms with E-state index in [1.165, 1.54) is 6.92 Å². The molecule has 0 unspecified atom stereocenters. The topological polar surface area (TPSA) is 78.6 Å². The molecule has 5 nitrogen and oxygen atoms in total. The molecule has 0 aromatic carbocycles. The fraction of sp³-hybridized carbons (Fsp3) is 0.600. The van der Waals surface area contributed by atoms with Crippen LogP contribution in [0.2, 0.25) is 0 Å². The van der Waals surface area contributed by atoms with E-state index in [1.54, 1.807) is 0 Å². The van der Waals surface area contributed by atoms with Gasteiger partial charge in [0.2, 0.25) is 5.91 Å². The highest BCUT2D eigenvalue weighted by Crippen LogP contribution is 1.77. The largest absolute Gasteiger partial charge is 0.439 e. The Labute approximate surface area is 58.1 Å². The highest BCUT2D eigenvalue weighted by molar-refractivity contribution is 5.75. The van der Waals surface area contributed by atoms with E-state index in [0.717, 1.165) is 0 Å². The van der Waals surface area contributed by atoms with E-state index in [4.69, 9.17) is 5.73 Å². The summed E-state index contributed by atoms with van der Waals surface area (Å²) in [4.78, 5) is 20.1. The Morgan fingerprint density at radius 2 is 2.10 bits per heavy atom. The maximum atomic E-state index is 10.1. The summed E-state index contributed by atoms with van der Waals surface area (Å²) in [5.74, 6) is -1.04. The Morgan fingerprint density at radius 3 is 2.50 bits per heavy atom. The number of amides is 1. The summed E-state index contributed by atoms with van der Waals surface area (Å²) in [6.07, 6.45) is 0. The number of hydrogen-bond acceptors (Lipinski definition) is 4. The van der Waals surface area contributed by atoms with Gasteiger partial charge >= 0.3 is 5.97 Å². The first kappa shape index (κ1) is 8.90. The molecule has 10 heavy (non-hydrogen) atoms. The van der Waals surface area contributed by atoms with Crippen molar-refractivity contribution < 1.29 is 19.1 Å². The number of hydrogen-bond donors (Lipinski definition) is 1. The minimum atomic E-state index is -0.591. The van der Waals surface area contributed by atoms with E-state index in [-0.39, 0.29) is 13.4 Å². The van der Waals surface area contributed by atoms with Gasteiger partial charge in [0.05, 0.1) is 0 Å². The van der Waals surface area contributed by atoms with E-state index in [0.29, 0.717) is 0 Å². The number of rotatable bonds is 4. The molecule has 0 aromatic heterocycles. The van der Waals surface area contributed by atoms with Crippen molar-refractivity contribution in [3.63, 3.8) is 0 Å². The van der Waals surface area contributed by atoms with Gasteiger partial charge in [-0.3, -0.25) is 9.59 Å². The van der Waals surface area contributed by atoms with E-state index >= 15 is 0 Å². The SMILES string of the molecule is CC(=O)OCOCC(N)=O. The van der Waals surface area contributed by atoms with Crippen LogP contribution in [0.15, 0.2) is 0 Å². The second-order valence-electron chi connectivity index (χ2n) is 1.57. The van der Waals surface area contributed by atoms with Gasteiger partial charge < -0.3 is 15.2 Å². The van der Waals surface area contributed by atoms with Crippen molar-refractivity contribution in [2.24, 2.45) is 5.73 Å². The Balaban J connectivity index is 3.06. The summed E-state index contributed by atoms with van der Waals surface area (Å²) in [6.45, 7) is 0.791. The van der Waals surface area contributed by atoms with Gasteiger partial charge in [-0.25, -0.2) is 0 Å². The van der Waals surface area contributed by atoms with Gasteiger partial charge in [0.15, 0.2) is 6.79 Å². The first-order chi connectivity index (χ1) is 4.63. The van der Waals surface area contributed by atoms with Crippen LogP contribution in [0, 0.1) is 0 Å². The third kappa shape index (κ3) is 6.90. The summed E-state index contributed by atoms with van der Waals surface area (Å²) in [7, 11) is 0. The normalized spacial score (nSPS) is 8.90. The Hall–Kier alpha value is -1.10. The molecular weight excluding hydrogens is 138 g/mol. The lowest BCUT2D eigenvalue weighted by molar-refractivity contribution is -0.155. The van der Waals surface area contributed by atoms with Gasteiger partial charge in [0.25, 0.3) is 0 Å². The lowest BCUT2D eigenvalue weighted by atomic mass is 10.7. The fourth-order valence-electron chi connectivity index (χ4n) is 0.267. The molecule has 0 aromatic rings. The maximum Gasteiger partial charge on any atom is 0.304 e. The minimum absolute atomic E-state index is 0.224. The standard InChI is InChI=1S/C5H9NO4/c1-4(7)10-3-9-2-5(6)8/h2-3H2,1H3,(H2,6,8). The molecule has 0 fully saturated rings. The Bertz CT molecular complexity index is 118. The van der Waals surface area contributed by atoms with Gasteiger partial charge in [0, 0.05) is 6.92 Å². The average molecular weight is 147 g/mol. The fourth-order valence-corrected chi connectivity index (χ4v) is 0.267. The van der Waals surface area contributed by atoms with Crippen LogP contribution in [-0.2, 0) is 19.1 Å². The van der Waals surface area contributed by atoms with Crippen LogP contribution >= 0.6 is 0 Å². The van der Waals surface area contributed by atoms with Gasteiger partial charge in [-0.1, -0.05) is 0 Å². The second kappa shape index (κ2) is 4.75. The number of ether oxygens (including phenoxy) is 2. The third-order valence-electron chi connectivity index (χ3n) is 0.590. The molecule has 0 rings (SSSR count). The van der Waals surface area contributed by atoms with Crippen molar-refractivity contribution in [3.8, 4) is 0 Å². The van der Waals surface area contributed by atoms with E-state index in [1.807, 2.05) is 0 Å². The van der Waals surface area contributed by atoms with Gasteiger partial charge in [0.1, 0.15) is 6.61 Å². The van der Waals surface area contributed by atoms with E-state index in [9.17, 15) is 9.59 Å². The molecule has 5 heteroatoms. The minimum Gasteiger partial charge on any atom is -0.439 e. The molecule has 0 spiro atoms. The molecule has 0 radical (unpaired) electrons. The number of nitrogens with two attached hydrogens (primary N) is 1. The van der Waals surface area contributed by atoms with Crippen molar-refractivity contribution >= 4 is 11.9 Å². The first-order valence-electron chi connectivity index (χ1n) is 2.62. The molecule has 0 bridgehead atoms. The van der Waals surface area contributed by atoms with Crippen molar-refractivity contribution in [2.45, 2.75) is 6.92 Å². The van der Waals surface area contributed by atoms with Crippen LogP contribution in [0.3, 0.4) is 0 Å². The first-order valence-corrected chi connectivity index (χ1v) is 2.62. The molecule has 0 aliphatic rings. The average Bonchev–Trinajstić information content (AvgIpc) is 1.79. The van der Waals surface area contributed by atoms with Crippen LogP contribution in [-0.4, -0.2) is 25.3 Å².